The highest BCUT2D eigenvalue weighted by molar-refractivity contribution is 7.15. The number of aliphatic hydroxyl groups is 1. The van der Waals surface area contributed by atoms with Crippen LogP contribution in [0, 0.1) is 5.92 Å². The fourth-order valence-electron chi connectivity index (χ4n) is 2.33. The summed E-state index contributed by atoms with van der Waals surface area (Å²) in [5.41, 5.74) is 0.693. The maximum Gasteiger partial charge on any atom is 0.244 e. The van der Waals surface area contributed by atoms with Crippen molar-refractivity contribution in [3.8, 4) is 0 Å². The molecule has 2 aromatic heterocycles. The van der Waals surface area contributed by atoms with Gasteiger partial charge in [0, 0.05) is 36.2 Å². The number of aliphatic hydroxyl groups excluding tert-OH is 1. The zero-order valence-electron chi connectivity index (χ0n) is 11.1. The van der Waals surface area contributed by atoms with E-state index < -0.39 is 0 Å². The average Bonchev–Trinajstić information content (AvgIpc) is 3.13. The Hall–Kier alpha value is -1.63. The van der Waals surface area contributed by atoms with Gasteiger partial charge in [0.05, 0.1) is 5.69 Å². The number of aromatic nitrogens is 2. The van der Waals surface area contributed by atoms with Crippen molar-refractivity contribution in [1.82, 2.24) is 14.7 Å². The van der Waals surface area contributed by atoms with Crippen molar-refractivity contribution in [3.05, 3.63) is 40.7 Å². The molecule has 2 N–H and O–H groups in total. The third-order valence-corrected chi connectivity index (χ3v) is 4.42. The van der Waals surface area contributed by atoms with Gasteiger partial charge in [0.25, 0.3) is 0 Å². The molecule has 0 unspecified atom stereocenters. The first-order valence-electron chi connectivity index (χ1n) is 6.56. The molecule has 110 valence electrons. The van der Waals surface area contributed by atoms with Gasteiger partial charge in [0.2, 0.25) is 5.91 Å². The number of hydrogen-bond acceptors (Lipinski definition) is 4. The Balaban J connectivity index is 1.66. The van der Waals surface area contributed by atoms with Crippen molar-refractivity contribution in [2.24, 2.45) is 5.92 Å². The van der Waals surface area contributed by atoms with E-state index in [4.69, 9.17) is 16.7 Å². The van der Waals surface area contributed by atoms with E-state index in [0.717, 1.165) is 11.4 Å². The van der Waals surface area contributed by atoms with Crippen molar-refractivity contribution >= 4 is 39.9 Å². The molecule has 21 heavy (non-hydrogen) atoms. The first-order chi connectivity index (χ1) is 10.2. The van der Waals surface area contributed by atoms with Crippen molar-refractivity contribution in [2.45, 2.75) is 12.5 Å². The van der Waals surface area contributed by atoms with Gasteiger partial charge < -0.3 is 10.4 Å². The summed E-state index contributed by atoms with van der Waals surface area (Å²) in [6.45, 7) is 0.111. The van der Waals surface area contributed by atoms with E-state index in [2.05, 4.69) is 10.3 Å². The summed E-state index contributed by atoms with van der Waals surface area (Å²) in [5, 5.41) is 14.2. The van der Waals surface area contributed by atoms with Gasteiger partial charge in [0.15, 0.2) is 10.1 Å². The predicted octanol–water partition coefficient (Wildman–Crippen LogP) is 2.12. The van der Waals surface area contributed by atoms with Crippen LogP contribution in [-0.2, 0) is 4.79 Å². The van der Waals surface area contributed by atoms with E-state index in [1.54, 1.807) is 6.08 Å². The second-order valence-electron chi connectivity index (χ2n) is 4.86. The molecule has 0 radical (unpaired) electrons. The molecule has 7 heteroatoms. The Kier molecular flexibility index (Phi) is 4.10. The fourth-order valence-corrected chi connectivity index (χ4v) is 3.33. The van der Waals surface area contributed by atoms with E-state index in [0.29, 0.717) is 10.8 Å². The SMILES string of the molecule is O=C(/C=C/c1c(Cl)nc2sccn12)N[C@@H]1C=C[C@H](CO)C1. The Morgan fingerprint density at radius 1 is 1.62 bits per heavy atom. The minimum atomic E-state index is -0.190. The summed E-state index contributed by atoms with van der Waals surface area (Å²) in [6.07, 6.45) is 9.55. The number of fused-ring (bicyclic) bond motifs is 1. The lowest BCUT2D eigenvalue weighted by atomic mass is 10.1. The van der Waals surface area contributed by atoms with Gasteiger partial charge in [-0.2, -0.15) is 0 Å². The maximum absolute atomic E-state index is 11.9. The first kappa shape index (κ1) is 14.3. The molecule has 1 aliphatic rings. The van der Waals surface area contributed by atoms with Crippen LogP contribution in [0.5, 0.6) is 0 Å². The molecule has 2 heterocycles. The lowest BCUT2D eigenvalue weighted by Gasteiger charge is -2.10. The number of nitrogens with zero attached hydrogens (tertiary/aromatic N) is 2. The van der Waals surface area contributed by atoms with Crippen LogP contribution in [0.4, 0.5) is 0 Å². The standard InChI is InChI=1S/C14H14ClN3O2S/c15-13-11(18-5-6-21-14(18)17-13)3-4-12(20)16-10-2-1-9(7-10)8-19/h1-6,9-10,19H,7-8H2,(H,16,20)/b4-3+/t9-,10+/m0/s1. The molecule has 0 fully saturated rings. The number of nitrogens with one attached hydrogen (secondary N) is 1. The molecule has 3 rings (SSSR count). The molecule has 2 aromatic rings. The van der Waals surface area contributed by atoms with Gasteiger partial charge in [0.1, 0.15) is 0 Å². The van der Waals surface area contributed by atoms with E-state index in [9.17, 15) is 4.79 Å². The first-order valence-corrected chi connectivity index (χ1v) is 7.82. The van der Waals surface area contributed by atoms with Gasteiger partial charge in [-0.25, -0.2) is 4.98 Å². The van der Waals surface area contributed by atoms with E-state index in [1.807, 2.05) is 28.1 Å². The molecular formula is C14H14ClN3O2S. The van der Waals surface area contributed by atoms with Crippen LogP contribution < -0.4 is 5.32 Å². The summed E-state index contributed by atoms with van der Waals surface area (Å²) < 4.78 is 1.84. The van der Waals surface area contributed by atoms with Gasteiger partial charge in [-0.3, -0.25) is 9.20 Å². The number of carbonyl (C=O) groups is 1. The quantitative estimate of drug-likeness (QED) is 0.669. The number of carbonyl (C=O) groups excluding carboxylic acids is 1. The van der Waals surface area contributed by atoms with Crippen LogP contribution in [0.1, 0.15) is 12.1 Å². The van der Waals surface area contributed by atoms with E-state index >= 15 is 0 Å². The van der Waals surface area contributed by atoms with Crippen molar-refractivity contribution in [3.63, 3.8) is 0 Å². The molecule has 1 amide bonds. The molecular weight excluding hydrogens is 310 g/mol. The molecule has 0 saturated heterocycles. The van der Waals surface area contributed by atoms with Crippen molar-refractivity contribution in [1.29, 1.82) is 0 Å². The minimum Gasteiger partial charge on any atom is -0.396 e. The van der Waals surface area contributed by atoms with Gasteiger partial charge in [-0.05, 0) is 12.5 Å². The summed E-state index contributed by atoms with van der Waals surface area (Å²) in [5.74, 6) is -0.0570. The number of hydrogen-bond donors (Lipinski definition) is 2. The third-order valence-electron chi connectivity index (χ3n) is 3.38. The minimum absolute atomic E-state index is 0.0265. The van der Waals surface area contributed by atoms with Gasteiger partial charge in [-0.15, -0.1) is 11.3 Å². The molecule has 0 aliphatic heterocycles. The monoisotopic (exact) mass is 323 g/mol. The predicted molar refractivity (Wildman–Crippen MR) is 83.4 cm³/mol. The molecule has 1 aliphatic carbocycles. The van der Waals surface area contributed by atoms with Gasteiger partial charge >= 0.3 is 0 Å². The van der Waals surface area contributed by atoms with Crippen LogP contribution >= 0.6 is 22.9 Å². The van der Waals surface area contributed by atoms with Crippen LogP contribution in [-0.4, -0.2) is 33.0 Å². The highest BCUT2D eigenvalue weighted by atomic mass is 35.5. The van der Waals surface area contributed by atoms with Crippen molar-refractivity contribution in [2.75, 3.05) is 6.61 Å². The third kappa shape index (κ3) is 3.02. The lowest BCUT2D eigenvalue weighted by molar-refractivity contribution is -0.116. The molecule has 0 spiro atoms. The Morgan fingerprint density at radius 3 is 3.24 bits per heavy atom. The highest BCUT2D eigenvalue weighted by Gasteiger charge is 2.18. The molecule has 0 bridgehead atoms. The van der Waals surface area contributed by atoms with Crippen LogP contribution in [0.2, 0.25) is 5.15 Å². The normalized spacial score (nSPS) is 21.6. The zero-order chi connectivity index (χ0) is 14.8. The largest absolute Gasteiger partial charge is 0.396 e. The Labute approximate surface area is 130 Å². The molecule has 0 saturated carbocycles. The number of rotatable bonds is 4. The Morgan fingerprint density at radius 2 is 2.48 bits per heavy atom. The molecule has 5 nitrogen and oxygen atoms in total. The second-order valence-corrected chi connectivity index (χ2v) is 6.09. The number of imidazole rings is 1. The number of thiazole rings is 1. The number of amides is 1. The van der Waals surface area contributed by atoms with Gasteiger partial charge in [-0.1, -0.05) is 23.8 Å². The van der Waals surface area contributed by atoms with E-state index in [-0.39, 0.29) is 24.5 Å². The van der Waals surface area contributed by atoms with Crippen molar-refractivity contribution < 1.29 is 9.90 Å². The molecule has 0 aromatic carbocycles. The van der Waals surface area contributed by atoms with Crippen LogP contribution in [0.15, 0.2) is 29.8 Å². The lowest BCUT2D eigenvalue weighted by Crippen LogP contribution is -2.31. The second kappa shape index (κ2) is 6.01. The maximum atomic E-state index is 11.9. The summed E-state index contributed by atoms with van der Waals surface area (Å²) >= 11 is 7.54. The Bertz CT molecular complexity index is 719. The summed E-state index contributed by atoms with van der Waals surface area (Å²) in [4.78, 5) is 16.9. The van der Waals surface area contributed by atoms with Crippen LogP contribution in [0.3, 0.4) is 0 Å². The molecule has 2 atom stereocenters. The van der Waals surface area contributed by atoms with Crippen LogP contribution in [0.25, 0.3) is 11.0 Å². The smallest absolute Gasteiger partial charge is 0.244 e. The number of halogens is 1. The van der Waals surface area contributed by atoms with E-state index in [1.165, 1.54) is 17.4 Å². The average molecular weight is 324 g/mol. The summed E-state index contributed by atoms with van der Waals surface area (Å²) in [6, 6.07) is -0.0265. The zero-order valence-corrected chi connectivity index (χ0v) is 12.6. The fraction of sp³-hybridized carbons (Fsp3) is 0.286. The highest BCUT2D eigenvalue weighted by Crippen LogP contribution is 2.22. The summed E-state index contributed by atoms with van der Waals surface area (Å²) in [7, 11) is 0. The topological polar surface area (TPSA) is 66.6 Å².